The van der Waals surface area contributed by atoms with Crippen molar-refractivity contribution >= 4 is 23.5 Å². The SMILES string of the molecule is CC1(O)CCC(C(=O)NC2(C(=O)N[C@H](Cc3ccccc3)C(=O)C(=O)NCc3ccccn3)CCC2)CC1. The summed E-state index contributed by atoms with van der Waals surface area (Å²) in [6, 6.07) is 13.4. The number of rotatable bonds is 10. The molecule has 1 aromatic carbocycles. The molecule has 0 saturated heterocycles. The van der Waals surface area contributed by atoms with E-state index < -0.39 is 34.8 Å². The van der Waals surface area contributed by atoms with Gasteiger partial charge in [0.1, 0.15) is 11.6 Å². The number of hydrogen-bond acceptors (Lipinski definition) is 6. The number of pyridine rings is 1. The summed E-state index contributed by atoms with van der Waals surface area (Å²) in [4.78, 5) is 56.7. The molecule has 38 heavy (non-hydrogen) atoms. The van der Waals surface area contributed by atoms with Gasteiger partial charge in [-0.15, -0.1) is 0 Å². The normalized spacial score (nSPS) is 22.8. The highest BCUT2D eigenvalue weighted by atomic mass is 16.3. The first-order valence-corrected chi connectivity index (χ1v) is 13.3. The number of benzene rings is 1. The molecule has 0 spiro atoms. The largest absolute Gasteiger partial charge is 0.390 e. The van der Waals surface area contributed by atoms with Crippen LogP contribution < -0.4 is 16.0 Å². The van der Waals surface area contributed by atoms with Gasteiger partial charge in [-0.1, -0.05) is 36.4 Å². The molecule has 4 rings (SSSR count). The van der Waals surface area contributed by atoms with E-state index in [1.807, 2.05) is 30.3 Å². The van der Waals surface area contributed by atoms with Crippen molar-refractivity contribution in [1.82, 2.24) is 20.9 Å². The van der Waals surface area contributed by atoms with Crippen LogP contribution in [0.3, 0.4) is 0 Å². The first-order chi connectivity index (χ1) is 18.2. The summed E-state index contributed by atoms with van der Waals surface area (Å²) in [6.07, 6.45) is 5.63. The third-order valence-electron chi connectivity index (χ3n) is 7.72. The summed E-state index contributed by atoms with van der Waals surface area (Å²) in [6.45, 7) is 1.87. The Bertz CT molecular complexity index is 1140. The quantitative estimate of drug-likeness (QED) is 0.354. The molecule has 1 atom stereocenters. The zero-order valence-electron chi connectivity index (χ0n) is 21.7. The fourth-order valence-electron chi connectivity index (χ4n) is 5.05. The average Bonchev–Trinajstić information content (AvgIpc) is 2.89. The lowest BCUT2D eigenvalue weighted by molar-refractivity contribution is -0.143. The first kappa shape index (κ1) is 27.4. The maximum absolute atomic E-state index is 13.5. The molecule has 2 fully saturated rings. The highest BCUT2D eigenvalue weighted by Crippen LogP contribution is 2.35. The van der Waals surface area contributed by atoms with E-state index in [1.165, 1.54) is 0 Å². The number of aromatic nitrogens is 1. The van der Waals surface area contributed by atoms with Crippen molar-refractivity contribution in [3.63, 3.8) is 0 Å². The molecule has 2 saturated carbocycles. The number of hydrogen-bond donors (Lipinski definition) is 4. The summed E-state index contributed by atoms with van der Waals surface area (Å²) in [7, 11) is 0. The second-order valence-corrected chi connectivity index (χ2v) is 10.8. The van der Waals surface area contributed by atoms with Crippen molar-refractivity contribution in [3.05, 3.63) is 66.0 Å². The Hall–Kier alpha value is -3.59. The van der Waals surface area contributed by atoms with Crippen molar-refractivity contribution in [1.29, 1.82) is 0 Å². The van der Waals surface area contributed by atoms with Crippen LogP contribution in [0.15, 0.2) is 54.7 Å². The zero-order valence-corrected chi connectivity index (χ0v) is 21.7. The molecule has 3 amide bonds. The first-order valence-electron chi connectivity index (χ1n) is 13.3. The minimum atomic E-state index is -1.10. The van der Waals surface area contributed by atoms with Crippen LogP contribution >= 0.6 is 0 Å². The fourth-order valence-corrected chi connectivity index (χ4v) is 5.05. The number of carbonyl (C=O) groups is 4. The Balaban J connectivity index is 1.43. The minimum Gasteiger partial charge on any atom is -0.390 e. The second kappa shape index (κ2) is 11.9. The van der Waals surface area contributed by atoms with Crippen molar-refractivity contribution in [2.45, 2.75) is 82.0 Å². The predicted octanol–water partition coefficient (Wildman–Crippen LogP) is 1.97. The van der Waals surface area contributed by atoms with Crippen LogP contribution in [-0.2, 0) is 32.1 Å². The van der Waals surface area contributed by atoms with Gasteiger partial charge in [0.25, 0.3) is 5.91 Å². The summed E-state index contributed by atoms with van der Waals surface area (Å²) in [5, 5.41) is 18.5. The monoisotopic (exact) mass is 520 g/mol. The highest BCUT2D eigenvalue weighted by molar-refractivity contribution is 6.38. The van der Waals surface area contributed by atoms with Gasteiger partial charge in [-0.05, 0) is 69.6 Å². The van der Waals surface area contributed by atoms with Gasteiger partial charge in [-0.2, -0.15) is 0 Å². The molecule has 2 aliphatic rings. The summed E-state index contributed by atoms with van der Waals surface area (Å²) in [5.74, 6) is -2.48. The van der Waals surface area contributed by atoms with Gasteiger partial charge in [0.15, 0.2) is 0 Å². The summed E-state index contributed by atoms with van der Waals surface area (Å²) in [5.41, 5.74) is -0.455. The van der Waals surface area contributed by atoms with Crippen LogP contribution in [0, 0.1) is 5.92 Å². The maximum atomic E-state index is 13.5. The van der Waals surface area contributed by atoms with Crippen LogP contribution in [0.25, 0.3) is 0 Å². The third-order valence-corrected chi connectivity index (χ3v) is 7.72. The van der Waals surface area contributed by atoms with E-state index in [2.05, 4.69) is 20.9 Å². The van der Waals surface area contributed by atoms with Crippen molar-refractivity contribution < 1.29 is 24.3 Å². The van der Waals surface area contributed by atoms with Gasteiger partial charge in [0.05, 0.1) is 17.8 Å². The molecule has 202 valence electrons. The maximum Gasteiger partial charge on any atom is 0.289 e. The Kier molecular flexibility index (Phi) is 8.56. The molecule has 1 aromatic heterocycles. The fraction of sp³-hybridized carbons (Fsp3) is 0.483. The van der Waals surface area contributed by atoms with Gasteiger partial charge in [0.2, 0.25) is 17.6 Å². The molecule has 2 aliphatic carbocycles. The Morgan fingerprint density at radius 1 is 1.00 bits per heavy atom. The predicted molar refractivity (Wildman–Crippen MR) is 140 cm³/mol. The summed E-state index contributed by atoms with van der Waals surface area (Å²) < 4.78 is 0. The third kappa shape index (κ3) is 6.83. The zero-order chi connectivity index (χ0) is 27.2. The minimum absolute atomic E-state index is 0.0890. The van der Waals surface area contributed by atoms with E-state index in [4.69, 9.17) is 0 Å². The molecule has 0 radical (unpaired) electrons. The molecule has 9 nitrogen and oxygen atoms in total. The Morgan fingerprint density at radius 2 is 1.68 bits per heavy atom. The molecule has 2 aromatic rings. The van der Waals surface area contributed by atoms with Crippen molar-refractivity contribution in [3.8, 4) is 0 Å². The lowest BCUT2D eigenvalue weighted by atomic mass is 9.74. The molecule has 9 heteroatoms. The number of carbonyl (C=O) groups excluding carboxylic acids is 4. The summed E-state index contributed by atoms with van der Waals surface area (Å²) >= 11 is 0. The number of nitrogens with zero attached hydrogens (tertiary/aromatic N) is 1. The average molecular weight is 521 g/mol. The van der Waals surface area contributed by atoms with Gasteiger partial charge in [0, 0.05) is 18.5 Å². The second-order valence-electron chi connectivity index (χ2n) is 10.8. The molecule has 1 heterocycles. The van der Waals surface area contributed by atoms with Gasteiger partial charge >= 0.3 is 0 Å². The van der Waals surface area contributed by atoms with E-state index >= 15 is 0 Å². The molecule has 0 bridgehead atoms. The van der Waals surface area contributed by atoms with Gasteiger partial charge in [-0.25, -0.2) is 0 Å². The topological polar surface area (TPSA) is 137 Å². The number of nitrogens with one attached hydrogen (secondary N) is 3. The lowest BCUT2D eigenvalue weighted by Gasteiger charge is -2.43. The number of ketones is 1. The van der Waals surface area contributed by atoms with E-state index in [1.54, 1.807) is 31.3 Å². The smallest absolute Gasteiger partial charge is 0.289 e. The Morgan fingerprint density at radius 3 is 2.29 bits per heavy atom. The van der Waals surface area contributed by atoms with Crippen LogP contribution in [0.4, 0.5) is 0 Å². The van der Waals surface area contributed by atoms with E-state index in [-0.39, 0.29) is 24.8 Å². The van der Waals surface area contributed by atoms with E-state index in [9.17, 15) is 24.3 Å². The Labute approximate surface area is 222 Å². The lowest BCUT2D eigenvalue weighted by Crippen LogP contribution is -2.66. The van der Waals surface area contributed by atoms with Crippen LogP contribution in [0.1, 0.15) is 63.1 Å². The number of Topliss-reactive ketones (excluding diaryl/α,β-unsaturated/α-hetero) is 1. The number of aliphatic hydroxyl groups is 1. The van der Waals surface area contributed by atoms with Crippen molar-refractivity contribution in [2.24, 2.45) is 5.92 Å². The van der Waals surface area contributed by atoms with Crippen molar-refractivity contribution in [2.75, 3.05) is 0 Å². The van der Waals surface area contributed by atoms with Crippen LogP contribution in [-0.4, -0.2) is 50.8 Å². The van der Waals surface area contributed by atoms with Gasteiger partial charge < -0.3 is 21.1 Å². The van der Waals surface area contributed by atoms with Crippen LogP contribution in [0.5, 0.6) is 0 Å². The highest BCUT2D eigenvalue weighted by Gasteiger charge is 2.48. The van der Waals surface area contributed by atoms with E-state index in [0.717, 1.165) is 12.0 Å². The molecular weight excluding hydrogens is 484 g/mol. The van der Waals surface area contributed by atoms with Crippen LogP contribution in [0.2, 0.25) is 0 Å². The van der Waals surface area contributed by atoms with E-state index in [0.29, 0.717) is 44.2 Å². The molecule has 0 aliphatic heterocycles. The van der Waals surface area contributed by atoms with Gasteiger partial charge in [-0.3, -0.25) is 24.2 Å². The molecular formula is C29H36N4O5. The molecule has 0 unspecified atom stereocenters. The molecule has 4 N–H and O–H groups in total. The standard InChI is InChI=1S/C29H36N4O5/c1-28(38)15-11-21(12-16-28)25(35)33-29(13-7-14-29)27(37)32-23(18-20-8-3-2-4-9-20)24(34)26(36)31-19-22-10-5-6-17-30-22/h2-6,8-10,17,21,23,38H,7,11-16,18-19H2,1H3,(H,31,36)(H,32,37)(H,33,35)/t21?,23-,28?/m1/s1. The number of amides is 3.